The Morgan fingerprint density at radius 1 is 1.31 bits per heavy atom. The summed E-state index contributed by atoms with van der Waals surface area (Å²) in [5.41, 5.74) is 1.28. The molecule has 0 aromatic carbocycles. The van der Waals surface area contributed by atoms with Crippen LogP contribution in [-0.2, 0) is 0 Å². The van der Waals surface area contributed by atoms with Crippen LogP contribution in [0.4, 0.5) is 0 Å². The van der Waals surface area contributed by atoms with Gasteiger partial charge >= 0.3 is 0 Å². The molecule has 92 valence electrons. The quantitative estimate of drug-likeness (QED) is 0.740. The molecule has 2 aliphatic rings. The normalized spacial score (nSPS) is 35.8. The lowest BCUT2D eigenvalue weighted by atomic mass is 9.94. The number of hydrogen-bond acceptors (Lipinski definition) is 2. The molecule has 1 heterocycles. The topological polar surface area (TPSA) is 23.5 Å². The lowest BCUT2D eigenvalue weighted by molar-refractivity contribution is 0.0751. The molecule has 2 heteroatoms. The first-order valence-electron chi connectivity index (χ1n) is 6.75. The third kappa shape index (κ3) is 2.67. The van der Waals surface area contributed by atoms with E-state index in [1.54, 1.807) is 0 Å². The maximum atomic E-state index is 10.0. The van der Waals surface area contributed by atoms with E-state index in [-0.39, 0.29) is 6.10 Å². The van der Waals surface area contributed by atoms with Crippen LogP contribution < -0.4 is 0 Å². The second kappa shape index (κ2) is 5.33. The van der Waals surface area contributed by atoms with Crippen molar-refractivity contribution in [3.8, 4) is 0 Å². The van der Waals surface area contributed by atoms with Crippen LogP contribution in [0, 0.1) is 5.92 Å². The van der Waals surface area contributed by atoms with Gasteiger partial charge in [0.15, 0.2) is 0 Å². The Balaban J connectivity index is 1.89. The van der Waals surface area contributed by atoms with Crippen molar-refractivity contribution in [1.82, 2.24) is 4.90 Å². The van der Waals surface area contributed by atoms with Gasteiger partial charge in [-0.3, -0.25) is 4.90 Å². The molecule has 1 N–H and O–H groups in total. The Morgan fingerprint density at radius 2 is 2.12 bits per heavy atom. The smallest absolute Gasteiger partial charge is 0.0583 e. The molecule has 1 saturated heterocycles. The van der Waals surface area contributed by atoms with Gasteiger partial charge < -0.3 is 5.11 Å². The Hall–Kier alpha value is -0.340. The molecular weight excluding hydrogens is 198 g/mol. The van der Waals surface area contributed by atoms with Crippen LogP contribution in [0.15, 0.2) is 12.2 Å². The van der Waals surface area contributed by atoms with Gasteiger partial charge in [-0.25, -0.2) is 0 Å². The molecule has 0 amide bonds. The molecule has 1 saturated carbocycles. The molecule has 0 spiro atoms. The standard InChI is InChI=1S/C14H25NO/c1-11(2)8-10-15-9-4-6-13(15)12-5-3-7-14(12)16/h12-14,16H,1,3-10H2,2H3. The number of hydrogen-bond donors (Lipinski definition) is 1. The van der Waals surface area contributed by atoms with Gasteiger partial charge in [-0.05, 0) is 45.6 Å². The summed E-state index contributed by atoms with van der Waals surface area (Å²) in [5, 5.41) is 10.0. The minimum absolute atomic E-state index is 0.0320. The molecule has 2 nitrogen and oxygen atoms in total. The largest absolute Gasteiger partial charge is 0.393 e. The van der Waals surface area contributed by atoms with Gasteiger partial charge in [0.05, 0.1) is 6.10 Å². The predicted molar refractivity (Wildman–Crippen MR) is 67.4 cm³/mol. The number of likely N-dealkylation sites (tertiary alicyclic amines) is 1. The molecule has 2 rings (SSSR count). The van der Waals surface area contributed by atoms with E-state index in [0.29, 0.717) is 12.0 Å². The van der Waals surface area contributed by atoms with Gasteiger partial charge in [0.25, 0.3) is 0 Å². The van der Waals surface area contributed by atoms with Gasteiger partial charge in [0.2, 0.25) is 0 Å². The third-order valence-corrected chi connectivity index (χ3v) is 4.27. The second-order valence-corrected chi connectivity index (χ2v) is 5.61. The van der Waals surface area contributed by atoms with E-state index in [1.807, 2.05) is 0 Å². The molecule has 1 aliphatic heterocycles. The fourth-order valence-corrected chi connectivity index (χ4v) is 3.37. The highest BCUT2D eigenvalue weighted by atomic mass is 16.3. The van der Waals surface area contributed by atoms with E-state index < -0.39 is 0 Å². The number of rotatable bonds is 4. The van der Waals surface area contributed by atoms with Crippen molar-refractivity contribution >= 4 is 0 Å². The highest BCUT2D eigenvalue weighted by molar-refractivity contribution is 4.94. The molecule has 16 heavy (non-hydrogen) atoms. The van der Waals surface area contributed by atoms with E-state index in [0.717, 1.165) is 19.4 Å². The summed E-state index contributed by atoms with van der Waals surface area (Å²) in [4.78, 5) is 2.59. The average Bonchev–Trinajstić information content (AvgIpc) is 2.82. The Morgan fingerprint density at radius 3 is 2.75 bits per heavy atom. The van der Waals surface area contributed by atoms with Gasteiger partial charge in [-0.1, -0.05) is 12.0 Å². The molecule has 3 unspecified atom stereocenters. The third-order valence-electron chi connectivity index (χ3n) is 4.27. The summed E-state index contributed by atoms with van der Waals surface area (Å²) in [7, 11) is 0. The Bertz CT molecular complexity index is 251. The monoisotopic (exact) mass is 223 g/mol. The van der Waals surface area contributed by atoms with Crippen LogP contribution in [0.3, 0.4) is 0 Å². The highest BCUT2D eigenvalue weighted by Crippen LogP contribution is 2.35. The molecule has 0 bridgehead atoms. The average molecular weight is 223 g/mol. The van der Waals surface area contributed by atoms with Crippen LogP contribution in [0.25, 0.3) is 0 Å². The zero-order valence-electron chi connectivity index (χ0n) is 10.5. The van der Waals surface area contributed by atoms with E-state index in [1.165, 1.54) is 37.8 Å². The SMILES string of the molecule is C=C(C)CCN1CCCC1C1CCCC1O. The minimum Gasteiger partial charge on any atom is -0.393 e. The summed E-state index contributed by atoms with van der Waals surface area (Å²) in [6, 6.07) is 0.650. The summed E-state index contributed by atoms with van der Waals surface area (Å²) in [6.45, 7) is 8.45. The van der Waals surface area contributed by atoms with Crippen molar-refractivity contribution in [2.75, 3.05) is 13.1 Å². The van der Waals surface area contributed by atoms with Gasteiger partial charge in [0.1, 0.15) is 0 Å². The van der Waals surface area contributed by atoms with E-state index in [9.17, 15) is 5.11 Å². The van der Waals surface area contributed by atoms with Crippen molar-refractivity contribution in [3.63, 3.8) is 0 Å². The van der Waals surface area contributed by atoms with Crippen LogP contribution in [-0.4, -0.2) is 35.2 Å². The van der Waals surface area contributed by atoms with Crippen LogP contribution in [0.5, 0.6) is 0 Å². The lowest BCUT2D eigenvalue weighted by Crippen LogP contribution is -2.39. The molecule has 1 aliphatic carbocycles. The maximum absolute atomic E-state index is 10.0. The summed E-state index contributed by atoms with van der Waals surface area (Å²) in [5.74, 6) is 0.549. The second-order valence-electron chi connectivity index (χ2n) is 5.61. The zero-order valence-corrected chi connectivity index (χ0v) is 10.5. The number of aliphatic hydroxyl groups is 1. The van der Waals surface area contributed by atoms with Crippen molar-refractivity contribution in [2.45, 2.75) is 57.6 Å². The van der Waals surface area contributed by atoms with E-state index >= 15 is 0 Å². The van der Waals surface area contributed by atoms with Gasteiger partial charge in [-0.2, -0.15) is 0 Å². The van der Waals surface area contributed by atoms with E-state index in [4.69, 9.17) is 0 Å². The molecule has 0 aromatic rings. The fourth-order valence-electron chi connectivity index (χ4n) is 3.37. The number of aliphatic hydroxyl groups excluding tert-OH is 1. The first-order valence-corrected chi connectivity index (χ1v) is 6.75. The lowest BCUT2D eigenvalue weighted by Gasteiger charge is -2.31. The zero-order chi connectivity index (χ0) is 11.5. The molecule has 0 radical (unpaired) electrons. The van der Waals surface area contributed by atoms with Crippen molar-refractivity contribution in [1.29, 1.82) is 0 Å². The first-order chi connectivity index (χ1) is 7.68. The van der Waals surface area contributed by atoms with Crippen LogP contribution in [0.1, 0.15) is 45.4 Å². The first kappa shape index (κ1) is 12.1. The molecule has 0 aromatic heterocycles. The molecule has 2 fully saturated rings. The maximum Gasteiger partial charge on any atom is 0.0583 e. The minimum atomic E-state index is -0.0320. The van der Waals surface area contributed by atoms with Gasteiger partial charge in [0, 0.05) is 18.5 Å². The molecular formula is C14H25NO. The van der Waals surface area contributed by atoms with E-state index in [2.05, 4.69) is 18.4 Å². The predicted octanol–water partition coefficient (Wildman–Crippen LogP) is 2.58. The van der Waals surface area contributed by atoms with Crippen molar-refractivity contribution < 1.29 is 5.11 Å². The van der Waals surface area contributed by atoms with Crippen molar-refractivity contribution in [3.05, 3.63) is 12.2 Å². The van der Waals surface area contributed by atoms with Crippen LogP contribution in [0.2, 0.25) is 0 Å². The summed E-state index contributed by atoms with van der Waals surface area (Å²) < 4.78 is 0. The van der Waals surface area contributed by atoms with Crippen molar-refractivity contribution in [2.24, 2.45) is 5.92 Å². The molecule has 3 atom stereocenters. The van der Waals surface area contributed by atoms with Gasteiger partial charge in [-0.15, -0.1) is 6.58 Å². The fraction of sp³-hybridized carbons (Fsp3) is 0.857. The highest BCUT2D eigenvalue weighted by Gasteiger charge is 2.37. The summed E-state index contributed by atoms with van der Waals surface area (Å²) in [6.07, 6.45) is 7.15. The van der Waals surface area contributed by atoms with Crippen LogP contribution >= 0.6 is 0 Å². The number of nitrogens with zero attached hydrogens (tertiary/aromatic N) is 1. The Kier molecular flexibility index (Phi) is 4.04. The summed E-state index contributed by atoms with van der Waals surface area (Å²) >= 11 is 0. The Labute approximate surface area is 99.3 Å².